The van der Waals surface area contributed by atoms with Crippen molar-refractivity contribution in [3.8, 4) is 0 Å². The molecule has 0 unspecified atom stereocenters. The van der Waals surface area contributed by atoms with E-state index < -0.39 is 10.2 Å². The van der Waals surface area contributed by atoms with E-state index in [0.29, 0.717) is 5.95 Å². The van der Waals surface area contributed by atoms with Crippen molar-refractivity contribution in [1.82, 2.24) is 9.55 Å². The van der Waals surface area contributed by atoms with Crippen molar-refractivity contribution < 1.29 is 28.9 Å². The molecule has 2 heterocycles. The summed E-state index contributed by atoms with van der Waals surface area (Å²) in [5.41, 5.74) is 9.48. The van der Waals surface area contributed by atoms with Crippen LogP contribution in [0.1, 0.15) is 12.0 Å². The number of aromatic nitrogens is 2. The molecular formula is C10H12ClN3O4. The van der Waals surface area contributed by atoms with Crippen LogP contribution in [0.3, 0.4) is 0 Å². The molecule has 1 aliphatic heterocycles. The third-order valence-electron chi connectivity index (χ3n) is 2.71. The predicted molar refractivity (Wildman–Crippen MR) is 54.7 cm³/mol. The maximum atomic E-state index is 8.60. The normalized spacial score (nSPS) is 14.2. The number of halogens is 1. The molecule has 7 nitrogen and oxygen atoms in total. The number of rotatable bonds is 0. The number of hydrogen-bond acceptors (Lipinski definition) is 6. The van der Waals surface area contributed by atoms with Gasteiger partial charge >= 0.3 is 0 Å². The molecule has 0 aliphatic carbocycles. The van der Waals surface area contributed by atoms with Crippen molar-refractivity contribution in [3.05, 3.63) is 23.8 Å². The van der Waals surface area contributed by atoms with Crippen LogP contribution in [0.2, 0.25) is 0 Å². The first-order valence-electron chi connectivity index (χ1n) is 5.23. The molecule has 18 heavy (non-hydrogen) atoms. The van der Waals surface area contributed by atoms with Crippen molar-refractivity contribution >= 4 is 17.0 Å². The number of benzene rings is 1. The number of nitrogens with zero attached hydrogens (tertiary/aromatic N) is 2. The van der Waals surface area contributed by atoms with Crippen LogP contribution in [-0.2, 0) is 13.0 Å². The van der Waals surface area contributed by atoms with E-state index in [2.05, 4.69) is 21.7 Å². The van der Waals surface area contributed by atoms with Crippen LogP contribution in [-0.4, -0.2) is 14.2 Å². The van der Waals surface area contributed by atoms with Crippen molar-refractivity contribution in [1.29, 1.82) is 0 Å². The van der Waals surface area contributed by atoms with Crippen LogP contribution in [0.15, 0.2) is 18.2 Å². The summed E-state index contributed by atoms with van der Waals surface area (Å²) in [6, 6.07) is 6.25. The van der Waals surface area contributed by atoms with Gasteiger partial charge in [0.1, 0.15) is 0 Å². The van der Waals surface area contributed by atoms with Gasteiger partial charge in [-0.1, -0.05) is 12.1 Å². The highest BCUT2D eigenvalue weighted by Gasteiger charge is 2.15. The predicted octanol–water partition coefficient (Wildman–Crippen LogP) is -2.56. The Morgan fingerprint density at radius 3 is 2.67 bits per heavy atom. The second kappa shape index (κ2) is 4.71. The number of aryl methyl sites for hydroxylation is 2. The fourth-order valence-corrected chi connectivity index (χ4v) is 2.13. The first-order chi connectivity index (χ1) is 8.36. The highest BCUT2D eigenvalue weighted by Crippen LogP contribution is 2.26. The van der Waals surface area contributed by atoms with Gasteiger partial charge in [0.05, 0.1) is 25.9 Å². The van der Waals surface area contributed by atoms with Crippen LogP contribution in [0.4, 0.5) is 5.95 Å². The molecule has 8 heteroatoms. The molecule has 1 aromatic carbocycles. The van der Waals surface area contributed by atoms with Crippen LogP contribution in [0.25, 0.3) is 11.0 Å². The number of nitrogens with two attached hydrogens (primary N) is 1. The third-order valence-corrected chi connectivity index (χ3v) is 2.71. The summed E-state index contributed by atoms with van der Waals surface area (Å²) < 4.78 is 34.8. The summed E-state index contributed by atoms with van der Waals surface area (Å²) in [6.07, 6.45) is 2.33. The average molecular weight is 274 g/mol. The molecule has 0 saturated carbocycles. The van der Waals surface area contributed by atoms with E-state index in [-0.39, 0.29) is 0 Å². The first-order valence-corrected chi connectivity index (χ1v) is 6.49. The number of anilines is 1. The molecule has 0 amide bonds. The van der Waals surface area contributed by atoms with Gasteiger partial charge in [-0.2, -0.15) is 14.0 Å². The van der Waals surface area contributed by atoms with Gasteiger partial charge in [0.2, 0.25) is 5.95 Å². The monoisotopic (exact) mass is 273 g/mol. The fraction of sp³-hybridized carbons (Fsp3) is 0.300. The topological polar surface area (TPSA) is 133 Å². The number of hydrogen-bond donors (Lipinski definition) is 2. The number of nitrogen functional groups attached to an aromatic ring is 1. The van der Waals surface area contributed by atoms with Crippen LogP contribution < -0.4 is 19.7 Å². The minimum atomic E-state index is -4.69. The molecule has 1 aliphatic rings. The summed E-state index contributed by atoms with van der Waals surface area (Å²) in [4.78, 5) is 4.33. The highest BCUT2D eigenvalue weighted by atomic mass is 35.7. The van der Waals surface area contributed by atoms with Crippen LogP contribution in [0.5, 0.6) is 0 Å². The molecule has 0 radical (unpaired) electrons. The molecule has 0 bridgehead atoms. The first kappa shape index (κ1) is 13.1. The van der Waals surface area contributed by atoms with Crippen molar-refractivity contribution in [2.24, 2.45) is 0 Å². The van der Waals surface area contributed by atoms with Gasteiger partial charge in [-0.15, -0.1) is 0 Å². The van der Waals surface area contributed by atoms with Gasteiger partial charge in [-0.25, -0.2) is 4.98 Å². The average Bonchev–Trinajstić information content (AvgIpc) is 2.56. The summed E-state index contributed by atoms with van der Waals surface area (Å²) in [5.74, 6) is 0.655. The maximum absolute atomic E-state index is 8.60. The van der Waals surface area contributed by atoms with Crippen molar-refractivity contribution in [2.45, 2.75) is 19.4 Å². The lowest BCUT2D eigenvalue weighted by Crippen LogP contribution is -2.58. The van der Waals surface area contributed by atoms with Gasteiger partial charge in [0, 0.05) is 6.54 Å². The molecule has 0 fully saturated rings. The van der Waals surface area contributed by atoms with Crippen molar-refractivity contribution in [3.63, 3.8) is 0 Å². The molecule has 3 rings (SSSR count). The quantitative estimate of drug-likeness (QED) is 0.542. The van der Waals surface area contributed by atoms with Crippen LogP contribution >= 0.6 is 0 Å². The Bertz CT molecular complexity index is 558. The molecule has 0 atom stereocenters. The van der Waals surface area contributed by atoms with E-state index in [1.807, 2.05) is 6.07 Å². The van der Waals surface area contributed by atoms with E-state index in [0.717, 1.165) is 18.5 Å². The lowest BCUT2D eigenvalue weighted by Gasteiger charge is -2.14. The van der Waals surface area contributed by atoms with Gasteiger partial charge in [-0.05, 0) is 24.5 Å². The Balaban J connectivity index is 0.000000209. The second-order valence-electron chi connectivity index (χ2n) is 3.91. The SMILES string of the molecule is Nc1nc2cccc3c2n1CCC3.[O-][Cl+3]([O-])([O-])O. The molecule has 2 aromatic rings. The van der Waals surface area contributed by atoms with E-state index >= 15 is 0 Å². The molecule has 0 saturated heterocycles. The smallest absolute Gasteiger partial charge is 0.201 e. The standard InChI is InChI=1S/C10H11N3.ClHO4/c11-10-12-8-5-1-3-7-4-2-6-13(10)9(7)8;2-1(3,4)5/h1,3,5H,2,4,6H2,(H2,11,12);(H,2,3,4,5). The van der Waals surface area contributed by atoms with E-state index in [9.17, 15) is 0 Å². The van der Waals surface area contributed by atoms with Gasteiger partial charge in [-0.3, -0.25) is 0 Å². The van der Waals surface area contributed by atoms with Crippen LogP contribution in [0, 0.1) is 10.2 Å². The highest BCUT2D eigenvalue weighted by molar-refractivity contribution is 5.82. The minimum absolute atomic E-state index is 0.655. The summed E-state index contributed by atoms with van der Waals surface area (Å²) in [7, 11) is -4.69. The maximum Gasteiger partial charge on any atom is 0.201 e. The lowest BCUT2D eigenvalue weighted by molar-refractivity contribution is -1.92. The van der Waals surface area contributed by atoms with E-state index in [4.69, 9.17) is 24.4 Å². The fourth-order valence-electron chi connectivity index (χ4n) is 2.13. The molecule has 3 N–H and O–H groups in total. The Labute approximate surface area is 105 Å². The number of imidazole rings is 1. The van der Waals surface area contributed by atoms with E-state index in [1.165, 1.54) is 17.5 Å². The second-order valence-corrected chi connectivity index (χ2v) is 4.70. The summed E-state index contributed by atoms with van der Waals surface area (Å²) in [5, 5.41) is 0. The molecule has 1 aromatic heterocycles. The Hall–Kier alpha value is -1.38. The largest absolute Gasteiger partial charge is 0.369 e. The van der Waals surface area contributed by atoms with Crippen molar-refractivity contribution in [2.75, 3.05) is 5.73 Å². The molecular weight excluding hydrogens is 262 g/mol. The zero-order valence-electron chi connectivity index (χ0n) is 9.38. The molecule has 0 spiro atoms. The summed E-state index contributed by atoms with van der Waals surface area (Å²) in [6.45, 7) is 1.01. The minimum Gasteiger partial charge on any atom is -0.369 e. The third kappa shape index (κ3) is 2.89. The van der Waals surface area contributed by atoms with Gasteiger partial charge in [0.25, 0.3) is 0 Å². The van der Waals surface area contributed by atoms with E-state index in [1.54, 1.807) is 0 Å². The lowest BCUT2D eigenvalue weighted by atomic mass is 10.1. The Morgan fingerprint density at radius 2 is 2.00 bits per heavy atom. The van der Waals surface area contributed by atoms with Gasteiger partial charge < -0.3 is 10.3 Å². The zero-order valence-corrected chi connectivity index (χ0v) is 10.1. The number of para-hydroxylation sites is 1. The van der Waals surface area contributed by atoms with Gasteiger partial charge in [0.15, 0.2) is 0 Å². The zero-order chi connectivity index (χ0) is 13.3. The Kier molecular flexibility index (Phi) is 3.42. The Morgan fingerprint density at radius 1 is 1.33 bits per heavy atom. The summed E-state index contributed by atoms with van der Waals surface area (Å²) >= 11 is 0. The molecule has 98 valence electrons.